The van der Waals surface area contributed by atoms with Crippen molar-refractivity contribution in [2.24, 2.45) is 5.73 Å². The molecule has 104 valence electrons. The Hall–Kier alpha value is -1.88. The Morgan fingerprint density at radius 1 is 1.32 bits per heavy atom. The second-order valence-electron chi connectivity index (χ2n) is 4.42. The molecule has 0 fully saturated rings. The molecule has 1 amide bonds. The fraction of sp³-hybridized carbons (Fsp3) is 0.429. The van der Waals surface area contributed by atoms with E-state index in [4.69, 9.17) is 10.8 Å². The van der Waals surface area contributed by atoms with Gasteiger partial charge in [0.2, 0.25) is 5.91 Å². The number of nitrogens with two attached hydrogens (primary N) is 1. The maximum Gasteiger partial charge on any atom is 0.326 e. The van der Waals surface area contributed by atoms with Crippen LogP contribution in [-0.4, -0.2) is 23.0 Å². The highest BCUT2D eigenvalue weighted by molar-refractivity contribution is 5.83. The van der Waals surface area contributed by atoms with Crippen LogP contribution >= 0.6 is 0 Å². The topological polar surface area (TPSA) is 92.4 Å². The van der Waals surface area contributed by atoms with Crippen molar-refractivity contribution in [1.29, 1.82) is 0 Å². The van der Waals surface area contributed by atoms with E-state index in [0.717, 1.165) is 5.56 Å². The summed E-state index contributed by atoms with van der Waals surface area (Å²) < 4.78 is 0. The summed E-state index contributed by atoms with van der Waals surface area (Å²) in [6.45, 7) is 1.72. The average molecular weight is 264 g/mol. The van der Waals surface area contributed by atoms with Crippen LogP contribution in [0.5, 0.6) is 0 Å². The average Bonchev–Trinajstić information content (AvgIpc) is 2.42. The normalized spacial score (nSPS) is 13.6. The minimum atomic E-state index is -1.01. The smallest absolute Gasteiger partial charge is 0.326 e. The first-order valence-electron chi connectivity index (χ1n) is 6.37. The second kappa shape index (κ2) is 7.53. The Kier molecular flexibility index (Phi) is 6.02. The van der Waals surface area contributed by atoms with Gasteiger partial charge in [0.25, 0.3) is 0 Å². The Morgan fingerprint density at radius 3 is 2.47 bits per heavy atom. The molecule has 0 spiro atoms. The zero-order valence-corrected chi connectivity index (χ0v) is 11.0. The van der Waals surface area contributed by atoms with Crippen LogP contribution in [0.15, 0.2) is 30.3 Å². The lowest BCUT2D eigenvalue weighted by Gasteiger charge is -2.14. The predicted molar refractivity (Wildman–Crippen MR) is 72.5 cm³/mol. The van der Waals surface area contributed by atoms with E-state index >= 15 is 0 Å². The molecule has 0 aromatic heterocycles. The van der Waals surface area contributed by atoms with Crippen molar-refractivity contribution in [3.8, 4) is 0 Å². The summed E-state index contributed by atoms with van der Waals surface area (Å²) in [6.07, 6.45) is 1.08. The molecular formula is C14H20N2O3. The molecule has 0 bridgehead atoms. The number of hydrogen-bond donors (Lipinski definition) is 3. The van der Waals surface area contributed by atoms with E-state index < -0.39 is 12.0 Å². The molecule has 1 aromatic carbocycles. The van der Waals surface area contributed by atoms with Crippen LogP contribution in [-0.2, 0) is 9.59 Å². The van der Waals surface area contributed by atoms with Crippen molar-refractivity contribution in [2.45, 2.75) is 38.3 Å². The highest BCUT2D eigenvalue weighted by Gasteiger charge is 2.17. The Balaban J connectivity index is 2.40. The van der Waals surface area contributed by atoms with E-state index in [2.05, 4.69) is 5.32 Å². The molecule has 1 unspecified atom stereocenters. The molecule has 0 aliphatic carbocycles. The number of aliphatic carboxylic acids is 1. The monoisotopic (exact) mass is 264 g/mol. The van der Waals surface area contributed by atoms with Crippen molar-refractivity contribution < 1.29 is 14.7 Å². The quantitative estimate of drug-likeness (QED) is 0.695. The van der Waals surface area contributed by atoms with Crippen LogP contribution in [0.4, 0.5) is 0 Å². The van der Waals surface area contributed by atoms with Crippen molar-refractivity contribution in [1.82, 2.24) is 5.32 Å². The fourth-order valence-corrected chi connectivity index (χ4v) is 1.76. The van der Waals surface area contributed by atoms with Gasteiger partial charge < -0.3 is 16.2 Å². The maximum absolute atomic E-state index is 11.6. The van der Waals surface area contributed by atoms with E-state index in [1.54, 1.807) is 6.92 Å². The first kappa shape index (κ1) is 15.2. The van der Waals surface area contributed by atoms with Crippen LogP contribution in [0.25, 0.3) is 0 Å². The standard InChI is InChI=1S/C14H20N2O3/c1-2-12(14(18)19)16-13(17)9-8-11(15)10-6-4-3-5-7-10/h3-7,11-12H,2,8-9,15H2,1H3,(H,16,17)(H,18,19)/t11?,12-/m1/s1. The van der Waals surface area contributed by atoms with Gasteiger partial charge in [0.1, 0.15) is 6.04 Å². The third kappa shape index (κ3) is 5.09. The SMILES string of the molecule is CC[C@@H](NC(=O)CCC(N)c1ccccc1)C(=O)O. The zero-order chi connectivity index (χ0) is 14.3. The predicted octanol–water partition coefficient (Wildman–Crippen LogP) is 1.45. The number of rotatable bonds is 7. The van der Waals surface area contributed by atoms with Crippen LogP contribution in [0.1, 0.15) is 37.8 Å². The zero-order valence-electron chi connectivity index (χ0n) is 11.0. The number of carboxylic acids is 1. The number of amides is 1. The number of benzene rings is 1. The molecule has 0 heterocycles. The molecule has 0 radical (unpaired) electrons. The van der Waals surface area contributed by atoms with E-state index in [9.17, 15) is 9.59 Å². The lowest BCUT2D eigenvalue weighted by molar-refractivity contribution is -0.141. The molecule has 1 aromatic rings. The molecule has 0 aliphatic heterocycles. The van der Waals surface area contributed by atoms with E-state index in [1.807, 2.05) is 30.3 Å². The van der Waals surface area contributed by atoms with Gasteiger partial charge in [0.05, 0.1) is 0 Å². The molecule has 19 heavy (non-hydrogen) atoms. The first-order chi connectivity index (χ1) is 9.04. The molecule has 5 heteroatoms. The van der Waals surface area contributed by atoms with Crippen LogP contribution in [0.2, 0.25) is 0 Å². The molecular weight excluding hydrogens is 244 g/mol. The molecule has 4 N–H and O–H groups in total. The van der Waals surface area contributed by atoms with Gasteiger partial charge in [-0.25, -0.2) is 4.79 Å². The van der Waals surface area contributed by atoms with E-state index in [0.29, 0.717) is 12.8 Å². The minimum Gasteiger partial charge on any atom is -0.480 e. The third-order valence-electron chi connectivity index (χ3n) is 2.95. The molecule has 2 atom stereocenters. The third-order valence-corrected chi connectivity index (χ3v) is 2.95. The van der Waals surface area contributed by atoms with Crippen molar-refractivity contribution in [3.63, 3.8) is 0 Å². The summed E-state index contributed by atoms with van der Waals surface area (Å²) in [4.78, 5) is 22.4. The number of hydrogen-bond acceptors (Lipinski definition) is 3. The van der Waals surface area contributed by atoms with E-state index in [-0.39, 0.29) is 18.4 Å². The summed E-state index contributed by atoms with van der Waals surface area (Å²) in [6, 6.07) is 8.49. The molecule has 0 saturated heterocycles. The van der Waals surface area contributed by atoms with Gasteiger partial charge in [0.15, 0.2) is 0 Å². The van der Waals surface area contributed by atoms with Crippen molar-refractivity contribution in [2.75, 3.05) is 0 Å². The molecule has 1 rings (SSSR count). The summed E-state index contributed by atoms with van der Waals surface area (Å²) >= 11 is 0. The highest BCUT2D eigenvalue weighted by atomic mass is 16.4. The largest absolute Gasteiger partial charge is 0.480 e. The highest BCUT2D eigenvalue weighted by Crippen LogP contribution is 2.14. The lowest BCUT2D eigenvalue weighted by atomic mass is 10.0. The van der Waals surface area contributed by atoms with Gasteiger partial charge in [-0.15, -0.1) is 0 Å². The van der Waals surface area contributed by atoms with Gasteiger partial charge >= 0.3 is 5.97 Å². The van der Waals surface area contributed by atoms with Gasteiger partial charge in [-0.3, -0.25) is 4.79 Å². The minimum absolute atomic E-state index is 0.211. The molecule has 5 nitrogen and oxygen atoms in total. The van der Waals surface area contributed by atoms with Gasteiger partial charge in [-0.2, -0.15) is 0 Å². The maximum atomic E-state index is 11.6. The van der Waals surface area contributed by atoms with Gasteiger partial charge in [-0.05, 0) is 18.4 Å². The summed E-state index contributed by atoms with van der Waals surface area (Å²) in [5.41, 5.74) is 6.94. The second-order valence-corrected chi connectivity index (χ2v) is 4.42. The Morgan fingerprint density at radius 2 is 1.95 bits per heavy atom. The Labute approximate surface area is 112 Å². The number of carboxylic acid groups (broad SMARTS) is 1. The van der Waals surface area contributed by atoms with Crippen molar-refractivity contribution in [3.05, 3.63) is 35.9 Å². The van der Waals surface area contributed by atoms with Crippen molar-refractivity contribution >= 4 is 11.9 Å². The number of carbonyl (C=O) groups is 2. The summed E-state index contributed by atoms with van der Waals surface area (Å²) in [7, 11) is 0. The van der Waals surface area contributed by atoms with E-state index in [1.165, 1.54) is 0 Å². The number of nitrogens with one attached hydrogen (secondary N) is 1. The molecule has 0 saturated carbocycles. The number of carbonyl (C=O) groups excluding carboxylic acids is 1. The molecule has 0 aliphatic rings. The van der Waals surface area contributed by atoms with Gasteiger partial charge in [0, 0.05) is 12.5 Å². The fourth-order valence-electron chi connectivity index (χ4n) is 1.76. The van der Waals surface area contributed by atoms with Gasteiger partial charge in [-0.1, -0.05) is 37.3 Å². The van der Waals surface area contributed by atoms with Crippen LogP contribution < -0.4 is 11.1 Å². The van der Waals surface area contributed by atoms with Crippen LogP contribution in [0, 0.1) is 0 Å². The summed E-state index contributed by atoms with van der Waals surface area (Å²) in [5.74, 6) is -1.29. The summed E-state index contributed by atoms with van der Waals surface area (Å²) in [5, 5.41) is 11.3. The first-order valence-corrected chi connectivity index (χ1v) is 6.37. The lowest BCUT2D eigenvalue weighted by Crippen LogP contribution is -2.40. The Bertz CT molecular complexity index is 420. The van der Waals surface area contributed by atoms with Crippen LogP contribution in [0.3, 0.4) is 0 Å².